The zero-order valence-electron chi connectivity index (χ0n) is 8.06. The normalized spacial score (nSPS) is 15.8. The maximum absolute atomic E-state index is 11.4. The van der Waals surface area contributed by atoms with Crippen LogP contribution < -0.4 is 10.9 Å². The summed E-state index contributed by atoms with van der Waals surface area (Å²) >= 11 is 0. The first-order valence-electron chi connectivity index (χ1n) is 4.53. The lowest BCUT2D eigenvalue weighted by molar-refractivity contribution is -0.124. The fourth-order valence-electron chi connectivity index (χ4n) is 1.61. The van der Waals surface area contributed by atoms with Gasteiger partial charge in [0.05, 0.1) is 5.56 Å². The van der Waals surface area contributed by atoms with E-state index in [9.17, 15) is 14.4 Å². The van der Waals surface area contributed by atoms with Crippen LogP contribution in [-0.4, -0.2) is 22.9 Å². The van der Waals surface area contributed by atoms with Crippen molar-refractivity contribution in [3.8, 4) is 0 Å². The van der Waals surface area contributed by atoms with Crippen LogP contribution in [0.5, 0.6) is 0 Å². The van der Waals surface area contributed by atoms with Gasteiger partial charge >= 0.3 is 5.97 Å². The first-order chi connectivity index (χ1) is 7.61. The Bertz CT molecular complexity index is 467. The summed E-state index contributed by atoms with van der Waals surface area (Å²) in [5.41, 5.74) is 4.46. The molecule has 1 aliphatic rings. The molecule has 0 saturated carbocycles. The van der Waals surface area contributed by atoms with Crippen molar-refractivity contribution < 1.29 is 19.5 Å². The number of carboxylic acids is 1. The lowest BCUT2D eigenvalue weighted by Crippen LogP contribution is -2.28. The van der Waals surface area contributed by atoms with Gasteiger partial charge in [0.1, 0.15) is 5.92 Å². The van der Waals surface area contributed by atoms with Crippen LogP contribution in [0.3, 0.4) is 0 Å². The molecule has 0 atom stereocenters. The van der Waals surface area contributed by atoms with Crippen LogP contribution in [0.25, 0.3) is 0 Å². The van der Waals surface area contributed by atoms with Gasteiger partial charge in [0.2, 0.25) is 0 Å². The van der Waals surface area contributed by atoms with Gasteiger partial charge in [0.25, 0.3) is 11.8 Å². The van der Waals surface area contributed by atoms with Crippen molar-refractivity contribution in [3.05, 3.63) is 35.4 Å². The molecule has 1 fully saturated rings. The molecule has 3 N–H and O–H groups in total. The molecular weight excluding hydrogens is 212 g/mol. The molecule has 0 radical (unpaired) electrons. The summed E-state index contributed by atoms with van der Waals surface area (Å²) in [4.78, 5) is 33.7. The van der Waals surface area contributed by atoms with E-state index in [1.807, 2.05) is 0 Å². The van der Waals surface area contributed by atoms with Crippen molar-refractivity contribution in [3.63, 3.8) is 0 Å². The Labute approximate surface area is 90.2 Å². The minimum atomic E-state index is -1.16. The van der Waals surface area contributed by atoms with Gasteiger partial charge in [-0.3, -0.25) is 20.4 Å². The van der Waals surface area contributed by atoms with Crippen LogP contribution in [0.4, 0.5) is 0 Å². The monoisotopic (exact) mass is 220 g/mol. The molecule has 1 aliphatic heterocycles. The highest BCUT2D eigenvalue weighted by Gasteiger charge is 2.36. The van der Waals surface area contributed by atoms with Gasteiger partial charge in [0, 0.05) is 0 Å². The van der Waals surface area contributed by atoms with Crippen LogP contribution in [0, 0.1) is 0 Å². The Morgan fingerprint density at radius 3 is 2.25 bits per heavy atom. The standard InChI is InChI=1S/C10H8N2O4/c13-8-7(9(14)12-11-8)5-3-1-2-4-6(5)10(15)16/h1-4,7H,(H,11,13)(H,12,14)(H,15,16). The van der Waals surface area contributed by atoms with Gasteiger partial charge in [-0.05, 0) is 11.6 Å². The first-order valence-corrected chi connectivity index (χ1v) is 4.53. The summed E-state index contributed by atoms with van der Waals surface area (Å²) < 4.78 is 0. The number of amides is 2. The fourth-order valence-corrected chi connectivity index (χ4v) is 1.61. The number of hydrogen-bond donors (Lipinski definition) is 3. The zero-order chi connectivity index (χ0) is 11.7. The quantitative estimate of drug-likeness (QED) is 0.592. The van der Waals surface area contributed by atoms with E-state index in [0.717, 1.165) is 0 Å². The van der Waals surface area contributed by atoms with Gasteiger partial charge in [-0.15, -0.1) is 0 Å². The van der Waals surface area contributed by atoms with Gasteiger partial charge < -0.3 is 5.11 Å². The number of benzene rings is 1. The lowest BCUT2D eigenvalue weighted by atomic mass is 9.94. The van der Waals surface area contributed by atoms with E-state index in [4.69, 9.17) is 5.11 Å². The third-order valence-electron chi connectivity index (χ3n) is 2.34. The number of nitrogens with one attached hydrogen (secondary N) is 2. The first kappa shape index (κ1) is 10.2. The molecule has 1 aromatic carbocycles. The minimum Gasteiger partial charge on any atom is -0.478 e. The van der Waals surface area contributed by atoms with E-state index in [0.29, 0.717) is 0 Å². The molecule has 0 bridgehead atoms. The number of carboxylic acid groups (broad SMARTS) is 1. The van der Waals surface area contributed by atoms with Crippen LogP contribution in [-0.2, 0) is 9.59 Å². The summed E-state index contributed by atoms with van der Waals surface area (Å²) in [5.74, 6) is -3.34. The smallest absolute Gasteiger partial charge is 0.336 e. The molecular formula is C10H8N2O4. The van der Waals surface area contributed by atoms with Crippen molar-refractivity contribution in [2.45, 2.75) is 5.92 Å². The molecule has 16 heavy (non-hydrogen) atoms. The molecule has 82 valence electrons. The maximum atomic E-state index is 11.4. The molecule has 6 heteroatoms. The van der Waals surface area contributed by atoms with Gasteiger partial charge in [-0.2, -0.15) is 0 Å². The summed E-state index contributed by atoms with van der Waals surface area (Å²) in [7, 11) is 0. The molecule has 1 saturated heterocycles. The van der Waals surface area contributed by atoms with E-state index in [2.05, 4.69) is 10.9 Å². The van der Waals surface area contributed by atoms with E-state index in [1.54, 1.807) is 6.07 Å². The van der Waals surface area contributed by atoms with Crippen molar-refractivity contribution in [2.75, 3.05) is 0 Å². The summed E-state index contributed by atoms with van der Waals surface area (Å²) in [6, 6.07) is 5.94. The van der Waals surface area contributed by atoms with E-state index >= 15 is 0 Å². The second-order valence-corrected chi connectivity index (χ2v) is 3.30. The summed E-state index contributed by atoms with van der Waals surface area (Å²) in [6.07, 6.45) is 0. The lowest BCUT2D eigenvalue weighted by Gasteiger charge is -2.07. The molecule has 6 nitrogen and oxygen atoms in total. The topological polar surface area (TPSA) is 95.5 Å². The van der Waals surface area contributed by atoms with Crippen LogP contribution >= 0.6 is 0 Å². The Hall–Kier alpha value is -2.37. The number of rotatable bonds is 2. The minimum absolute atomic E-state index is 0.0419. The molecule has 2 rings (SSSR count). The summed E-state index contributed by atoms with van der Waals surface area (Å²) in [5, 5.41) is 8.94. The predicted octanol–water partition coefficient (Wildman–Crippen LogP) is -0.371. The van der Waals surface area contributed by atoms with Gasteiger partial charge in [-0.1, -0.05) is 18.2 Å². The van der Waals surface area contributed by atoms with E-state index < -0.39 is 23.7 Å². The van der Waals surface area contributed by atoms with Crippen LogP contribution in [0.1, 0.15) is 21.8 Å². The number of hydrogen-bond acceptors (Lipinski definition) is 3. The molecule has 1 aromatic rings. The number of hydrazine groups is 1. The fraction of sp³-hybridized carbons (Fsp3) is 0.100. The third-order valence-corrected chi connectivity index (χ3v) is 2.34. The van der Waals surface area contributed by atoms with Crippen molar-refractivity contribution in [1.82, 2.24) is 10.9 Å². The number of carbonyl (C=O) groups is 3. The highest BCUT2D eigenvalue weighted by atomic mass is 16.4. The van der Waals surface area contributed by atoms with E-state index in [-0.39, 0.29) is 11.1 Å². The molecule has 0 spiro atoms. The average Bonchev–Trinajstić information content (AvgIpc) is 2.58. The molecule has 0 unspecified atom stereocenters. The Morgan fingerprint density at radius 2 is 1.69 bits per heavy atom. The maximum Gasteiger partial charge on any atom is 0.336 e. The molecule has 0 aromatic heterocycles. The van der Waals surface area contributed by atoms with E-state index in [1.165, 1.54) is 18.2 Å². The Kier molecular flexibility index (Phi) is 2.32. The highest BCUT2D eigenvalue weighted by molar-refractivity contribution is 6.11. The molecule has 2 amide bonds. The largest absolute Gasteiger partial charge is 0.478 e. The van der Waals surface area contributed by atoms with Crippen molar-refractivity contribution in [2.24, 2.45) is 0 Å². The second-order valence-electron chi connectivity index (χ2n) is 3.30. The van der Waals surface area contributed by atoms with Gasteiger partial charge in [-0.25, -0.2) is 4.79 Å². The van der Waals surface area contributed by atoms with Crippen molar-refractivity contribution in [1.29, 1.82) is 0 Å². The van der Waals surface area contributed by atoms with Gasteiger partial charge in [0.15, 0.2) is 0 Å². The Balaban J connectivity index is 2.51. The SMILES string of the molecule is O=C(O)c1ccccc1C1C(=O)NNC1=O. The third kappa shape index (κ3) is 1.50. The zero-order valence-corrected chi connectivity index (χ0v) is 8.06. The molecule has 1 heterocycles. The average molecular weight is 220 g/mol. The Morgan fingerprint density at radius 1 is 1.12 bits per heavy atom. The summed E-state index contributed by atoms with van der Waals surface area (Å²) in [6.45, 7) is 0. The number of aromatic carboxylic acids is 1. The molecule has 0 aliphatic carbocycles. The van der Waals surface area contributed by atoms with Crippen LogP contribution in [0.2, 0.25) is 0 Å². The van der Waals surface area contributed by atoms with Crippen LogP contribution in [0.15, 0.2) is 24.3 Å². The number of carbonyl (C=O) groups excluding carboxylic acids is 2. The second kappa shape index (κ2) is 3.65. The highest BCUT2D eigenvalue weighted by Crippen LogP contribution is 2.22. The van der Waals surface area contributed by atoms with Crippen molar-refractivity contribution >= 4 is 17.8 Å². The predicted molar refractivity (Wildman–Crippen MR) is 52.4 cm³/mol.